The van der Waals surface area contributed by atoms with Gasteiger partial charge in [0.2, 0.25) is 0 Å². The van der Waals surface area contributed by atoms with Gasteiger partial charge in [-0.25, -0.2) is 0 Å². The molecule has 2 unspecified atom stereocenters. The van der Waals surface area contributed by atoms with Crippen LogP contribution in [0.1, 0.15) is 50.3 Å². The van der Waals surface area contributed by atoms with Crippen LogP contribution in [0.25, 0.3) is 0 Å². The number of phenolic OH excluding ortho intramolecular Hbond substituents is 2. The van der Waals surface area contributed by atoms with E-state index in [1.165, 1.54) is 17.7 Å². The fourth-order valence-corrected chi connectivity index (χ4v) is 2.36. The lowest BCUT2D eigenvalue weighted by Gasteiger charge is -2.18. The minimum atomic E-state index is -0.0912. The Morgan fingerprint density at radius 3 is 2.29 bits per heavy atom. The van der Waals surface area contributed by atoms with Crippen molar-refractivity contribution in [3.63, 3.8) is 0 Å². The molecular weight excluding hydrogens is 262 g/mol. The second-order valence-corrected chi connectivity index (χ2v) is 5.54. The zero-order valence-electron chi connectivity index (χ0n) is 12.8. The van der Waals surface area contributed by atoms with E-state index in [0.29, 0.717) is 11.5 Å². The summed E-state index contributed by atoms with van der Waals surface area (Å²) in [6, 6.07) is 12.8. The maximum Gasteiger partial charge on any atom is 0.121 e. The number of aromatic hydroxyl groups is 2. The Hall–Kier alpha value is -2.16. The molecule has 3 nitrogen and oxygen atoms in total. The van der Waals surface area contributed by atoms with Gasteiger partial charge < -0.3 is 15.5 Å². The number of rotatable bonds is 5. The molecule has 21 heavy (non-hydrogen) atoms. The average molecular weight is 285 g/mol. The largest absolute Gasteiger partial charge is 0.508 e. The summed E-state index contributed by atoms with van der Waals surface area (Å²) in [7, 11) is 0. The van der Waals surface area contributed by atoms with E-state index in [-0.39, 0.29) is 17.5 Å². The van der Waals surface area contributed by atoms with E-state index in [4.69, 9.17) is 0 Å². The van der Waals surface area contributed by atoms with E-state index in [1.54, 1.807) is 6.07 Å². The van der Waals surface area contributed by atoms with Crippen LogP contribution in [0.4, 0.5) is 5.69 Å². The lowest BCUT2D eigenvalue weighted by molar-refractivity contribution is 0.451. The molecule has 0 aromatic heterocycles. The molecule has 3 N–H and O–H groups in total. The van der Waals surface area contributed by atoms with Gasteiger partial charge in [0.15, 0.2) is 0 Å². The van der Waals surface area contributed by atoms with Gasteiger partial charge in [-0.3, -0.25) is 0 Å². The van der Waals surface area contributed by atoms with Crippen LogP contribution >= 0.6 is 0 Å². The van der Waals surface area contributed by atoms with Crippen molar-refractivity contribution in [2.45, 2.75) is 39.2 Å². The number of nitrogens with one attached hydrogen (secondary N) is 1. The predicted octanol–water partition coefficient (Wildman–Crippen LogP) is 4.78. The predicted molar refractivity (Wildman–Crippen MR) is 87.0 cm³/mol. The molecule has 2 rings (SSSR count). The lowest BCUT2D eigenvalue weighted by atomic mass is 9.98. The van der Waals surface area contributed by atoms with Gasteiger partial charge in [0, 0.05) is 11.3 Å². The maximum atomic E-state index is 9.88. The number of hydrogen-bond donors (Lipinski definition) is 3. The van der Waals surface area contributed by atoms with Gasteiger partial charge in [0.05, 0.1) is 6.04 Å². The van der Waals surface area contributed by atoms with Crippen molar-refractivity contribution in [3.8, 4) is 11.5 Å². The molecule has 0 aliphatic heterocycles. The van der Waals surface area contributed by atoms with Gasteiger partial charge in [-0.15, -0.1) is 0 Å². The third-order valence-corrected chi connectivity index (χ3v) is 3.95. The molecule has 0 bridgehead atoms. The molecular formula is C18H23NO2. The first kappa shape index (κ1) is 15.2. The van der Waals surface area contributed by atoms with Crippen molar-refractivity contribution >= 4 is 5.69 Å². The number of anilines is 1. The summed E-state index contributed by atoms with van der Waals surface area (Å²) < 4.78 is 0. The maximum absolute atomic E-state index is 9.88. The molecule has 0 spiro atoms. The highest BCUT2D eigenvalue weighted by Gasteiger charge is 2.11. The van der Waals surface area contributed by atoms with Crippen LogP contribution in [0.2, 0.25) is 0 Å². The van der Waals surface area contributed by atoms with Gasteiger partial charge in [-0.1, -0.05) is 26.0 Å². The molecule has 0 heterocycles. The molecule has 0 saturated heterocycles. The number of benzene rings is 2. The Morgan fingerprint density at radius 2 is 1.67 bits per heavy atom. The topological polar surface area (TPSA) is 52.5 Å². The van der Waals surface area contributed by atoms with Gasteiger partial charge in [0.25, 0.3) is 0 Å². The minimum Gasteiger partial charge on any atom is -0.508 e. The minimum absolute atomic E-state index is 0.0912. The fraction of sp³-hybridized carbons (Fsp3) is 0.333. The SMILES string of the molecule is CCC(C)c1ccc(NC(C)c2cc(O)ccc2O)cc1. The van der Waals surface area contributed by atoms with Crippen LogP contribution in [0, 0.1) is 0 Å². The highest BCUT2D eigenvalue weighted by Crippen LogP contribution is 2.30. The summed E-state index contributed by atoms with van der Waals surface area (Å²) in [5.74, 6) is 0.902. The summed E-state index contributed by atoms with van der Waals surface area (Å²) in [6.45, 7) is 6.36. The Kier molecular flexibility index (Phi) is 4.73. The summed E-state index contributed by atoms with van der Waals surface area (Å²) in [6.07, 6.45) is 1.13. The first-order chi connectivity index (χ1) is 10.0. The molecule has 0 saturated carbocycles. The van der Waals surface area contributed by atoms with Crippen LogP contribution in [-0.2, 0) is 0 Å². The van der Waals surface area contributed by atoms with Gasteiger partial charge >= 0.3 is 0 Å². The summed E-state index contributed by atoms with van der Waals surface area (Å²) >= 11 is 0. The molecule has 2 aromatic rings. The van der Waals surface area contributed by atoms with Crippen molar-refractivity contribution in [3.05, 3.63) is 53.6 Å². The van der Waals surface area contributed by atoms with Crippen LogP contribution in [0.5, 0.6) is 11.5 Å². The van der Waals surface area contributed by atoms with E-state index < -0.39 is 0 Å². The normalized spacial score (nSPS) is 13.7. The summed E-state index contributed by atoms with van der Waals surface area (Å²) in [4.78, 5) is 0. The van der Waals surface area contributed by atoms with Crippen LogP contribution in [0.15, 0.2) is 42.5 Å². The highest BCUT2D eigenvalue weighted by atomic mass is 16.3. The van der Waals surface area contributed by atoms with E-state index >= 15 is 0 Å². The van der Waals surface area contributed by atoms with Gasteiger partial charge in [-0.2, -0.15) is 0 Å². The zero-order valence-corrected chi connectivity index (χ0v) is 12.8. The summed E-state index contributed by atoms with van der Waals surface area (Å²) in [5, 5.41) is 22.8. The molecule has 0 amide bonds. The van der Waals surface area contributed by atoms with Crippen molar-refractivity contribution in [1.29, 1.82) is 0 Å². The molecule has 112 valence electrons. The number of hydrogen-bond acceptors (Lipinski definition) is 3. The van der Waals surface area contributed by atoms with Crippen LogP contribution in [0.3, 0.4) is 0 Å². The molecule has 0 aliphatic carbocycles. The first-order valence-electron chi connectivity index (χ1n) is 7.39. The Balaban J connectivity index is 2.12. The molecule has 0 aliphatic rings. The summed E-state index contributed by atoms with van der Waals surface area (Å²) in [5.41, 5.74) is 3.01. The third kappa shape index (κ3) is 3.69. The van der Waals surface area contributed by atoms with Crippen molar-refractivity contribution in [1.82, 2.24) is 0 Å². The van der Waals surface area contributed by atoms with E-state index in [1.807, 2.05) is 6.92 Å². The zero-order chi connectivity index (χ0) is 15.4. The average Bonchev–Trinajstić information content (AvgIpc) is 2.49. The standard InChI is InChI=1S/C18H23NO2/c1-4-12(2)14-5-7-15(8-6-14)19-13(3)17-11-16(20)9-10-18(17)21/h5-13,19-21H,4H2,1-3H3. The van der Waals surface area contributed by atoms with Crippen LogP contribution in [-0.4, -0.2) is 10.2 Å². The Labute approximate surface area is 126 Å². The fourth-order valence-electron chi connectivity index (χ4n) is 2.36. The monoisotopic (exact) mass is 285 g/mol. The van der Waals surface area contributed by atoms with Gasteiger partial charge in [0.1, 0.15) is 11.5 Å². The van der Waals surface area contributed by atoms with Crippen LogP contribution < -0.4 is 5.32 Å². The van der Waals surface area contributed by atoms with Gasteiger partial charge in [-0.05, 0) is 55.2 Å². The van der Waals surface area contributed by atoms with Crippen molar-refractivity contribution in [2.24, 2.45) is 0 Å². The molecule has 2 atom stereocenters. The Bertz CT molecular complexity index is 593. The second kappa shape index (κ2) is 6.53. The second-order valence-electron chi connectivity index (χ2n) is 5.54. The Morgan fingerprint density at radius 1 is 1.00 bits per heavy atom. The lowest BCUT2D eigenvalue weighted by Crippen LogP contribution is -2.07. The molecule has 3 heteroatoms. The molecule has 2 aromatic carbocycles. The quantitative estimate of drug-likeness (QED) is 0.693. The molecule has 0 fully saturated rings. The first-order valence-corrected chi connectivity index (χ1v) is 7.39. The number of phenols is 2. The van der Waals surface area contributed by atoms with E-state index in [0.717, 1.165) is 12.1 Å². The molecule has 0 radical (unpaired) electrons. The van der Waals surface area contributed by atoms with E-state index in [9.17, 15) is 10.2 Å². The van der Waals surface area contributed by atoms with Crippen molar-refractivity contribution < 1.29 is 10.2 Å². The third-order valence-electron chi connectivity index (χ3n) is 3.95. The van der Waals surface area contributed by atoms with E-state index in [2.05, 4.69) is 43.4 Å². The highest BCUT2D eigenvalue weighted by molar-refractivity contribution is 5.50. The smallest absolute Gasteiger partial charge is 0.121 e. The van der Waals surface area contributed by atoms with Crippen molar-refractivity contribution in [2.75, 3.05) is 5.32 Å².